The van der Waals surface area contributed by atoms with Crippen LogP contribution in [-0.2, 0) is 24.1 Å². The summed E-state index contributed by atoms with van der Waals surface area (Å²) < 4.78 is 43.0. The molecule has 1 aromatic heterocycles. The van der Waals surface area contributed by atoms with Gasteiger partial charge in [-0.25, -0.2) is 4.98 Å². The molecule has 8 heteroatoms. The van der Waals surface area contributed by atoms with Crippen LogP contribution in [0.1, 0.15) is 40.8 Å². The topological polar surface area (TPSA) is 54.0 Å². The predicted molar refractivity (Wildman–Crippen MR) is 126 cm³/mol. The maximum atomic E-state index is 13.3. The van der Waals surface area contributed by atoms with Crippen molar-refractivity contribution in [3.63, 3.8) is 0 Å². The van der Waals surface area contributed by atoms with Crippen molar-refractivity contribution in [1.29, 1.82) is 0 Å². The largest absolute Gasteiger partial charge is 0.433 e. The summed E-state index contributed by atoms with van der Waals surface area (Å²) in [5, 5.41) is 2.86. The van der Waals surface area contributed by atoms with Gasteiger partial charge in [0.25, 0.3) is 0 Å². The standard InChI is InChI=1S/C25H26F3N3OS/c1-16-6-4-9-20(12-16)23-21(10-11-22(31-23)25(26,27)28)15-29-24(32)17(2)19-8-5-7-18(13-19)14-30-33-3/h4-13,17,30H,14-15H2,1-3H3,(H,29,32). The fourth-order valence-electron chi connectivity index (χ4n) is 3.45. The van der Waals surface area contributed by atoms with E-state index in [1.54, 1.807) is 18.2 Å². The van der Waals surface area contributed by atoms with Gasteiger partial charge in [0.15, 0.2) is 0 Å². The second-order valence-corrected chi connectivity index (χ2v) is 8.48. The van der Waals surface area contributed by atoms with E-state index in [0.717, 1.165) is 22.8 Å². The summed E-state index contributed by atoms with van der Waals surface area (Å²) in [4.78, 5) is 16.7. The molecule has 174 valence electrons. The third-order valence-corrected chi connectivity index (χ3v) is 5.71. The Kier molecular flexibility index (Phi) is 8.15. The molecule has 2 N–H and O–H groups in total. The summed E-state index contributed by atoms with van der Waals surface area (Å²) >= 11 is 1.52. The van der Waals surface area contributed by atoms with Crippen LogP contribution in [0, 0.1) is 6.92 Å². The van der Waals surface area contributed by atoms with Crippen LogP contribution >= 0.6 is 11.9 Å². The molecule has 1 heterocycles. The average Bonchev–Trinajstić information content (AvgIpc) is 2.80. The van der Waals surface area contributed by atoms with E-state index in [-0.39, 0.29) is 18.1 Å². The lowest BCUT2D eigenvalue weighted by Crippen LogP contribution is -2.28. The fraction of sp³-hybridized carbons (Fsp3) is 0.280. The van der Waals surface area contributed by atoms with Crippen LogP contribution in [0.15, 0.2) is 60.7 Å². The number of amides is 1. The van der Waals surface area contributed by atoms with Gasteiger partial charge >= 0.3 is 6.18 Å². The van der Waals surface area contributed by atoms with Crippen LogP contribution in [-0.4, -0.2) is 17.1 Å². The van der Waals surface area contributed by atoms with E-state index in [2.05, 4.69) is 15.0 Å². The molecule has 0 fully saturated rings. The van der Waals surface area contributed by atoms with Crippen molar-refractivity contribution in [2.45, 2.75) is 39.0 Å². The summed E-state index contributed by atoms with van der Waals surface area (Å²) in [6.07, 6.45) is -2.61. The van der Waals surface area contributed by atoms with E-state index >= 15 is 0 Å². The lowest BCUT2D eigenvalue weighted by atomic mass is 9.98. The zero-order chi connectivity index (χ0) is 24.0. The summed E-state index contributed by atoms with van der Waals surface area (Å²) in [6.45, 7) is 4.43. The quantitative estimate of drug-likeness (QED) is 0.402. The molecule has 0 aliphatic carbocycles. The maximum Gasteiger partial charge on any atom is 0.433 e. The number of pyridine rings is 1. The number of carbonyl (C=O) groups excluding carboxylic acids is 1. The first-order chi connectivity index (χ1) is 15.7. The molecule has 2 aromatic carbocycles. The number of rotatable bonds is 8. The van der Waals surface area contributed by atoms with Gasteiger partial charge < -0.3 is 5.32 Å². The number of halogens is 3. The smallest absolute Gasteiger partial charge is 0.351 e. The Labute approximate surface area is 196 Å². The minimum atomic E-state index is -4.55. The number of hydrogen-bond acceptors (Lipinski definition) is 4. The van der Waals surface area contributed by atoms with E-state index in [1.807, 2.05) is 50.4 Å². The van der Waals surface area contributed by atoms with Crippen molar-refractivity contribution in [1.82, 2.24) is 15.0 Å². The summed E-state index contributed by atoms with van der Waals surface area (Å²) in [7, 11) is 0. The molecule has 0 bridgehead atoms. The van der Waals surface area contributed by atoms with Crippen molar-refractivity contribution in [2.24, 2.45) is 0 Å². The zero-order valence-electron chi connectivity index (χ0n) is 18.7. The van der Waals surface area contributed by atoms with E-state index in [1.165, 1.54) is 18.0 Å². The minimum absolute atomic E-state index is 0.0747. The third-order valence-electron chi connectivity index (χ3n) is 5.28. The molecule has 0 saturated heterocycles. The van der Waals surface area contributed by atoms with Crippen LogP contribution in [0.5, 0.6) is 0 Å². The number of alkyl halides is 3. The van der Waals surface area contributed by atoms with Gasteiger partial charge in [0.1, 0.15) is 5.69 Å². The van der Waals surface area contributed by atoms with Crippen LogP contribution in [0.2, 0.25) is 0 Å². The lowest BCUT2D eigenvalue weighted by Gasteiger charge is -2.16. The summed E-state index contributed by atoms with van der Waals surface area (Å²) in [6, 6.07) is 17.2. The van der Waals surface area contributed by atoms with Gasteiger partial charge in [-0.1, -0.05) is 66.0 Å². The van der Waals surface area contributed by atoms with Crippen LogP contribution in [0.25, 0.3) is 11.3 Å². The van der Waals surface area contributed by atoms with Gasteiger partial charge in [0.2, 0.25) is 5.91 Å². The molecule has 0 spiro atoms. The lowest BCUT2D eigenvalue weighted by molar-refractivity contribution is -0.141. The molecular weight excluding hydrogens is 447 g/mol. The first-order valence-electron chi connectivity index (χ1n) is 10.5. The van der Waals surface area contributed by atoms with Gasteiger partial charge in [0.05, 0.1) is 11.6 Å². The molecular formula is C25H26F3N3OS. The Hall–Kier alpha value is -2.84. The normalized spacial score (nSPS) is 12.4. The third kappa shape index (κ3) is 6.58. The van der Waals surface area contributed by atoms with Crippen LogP contribution < -0.4 is 10.0 Å². The van der Waals surface area contributed by atoms with Gasteiger partial charge in [-0.3, -0.25) is 9.52 Å². The van der Waals surface area contributed by atoms with Gasteiger partial charge in [-0.05, 0) is 48.9 Å². The van der Waals surface area contributed by atoms with Gasteiger partial charge in [-0.2, -0.15) is 13.2 Å². The average molecular weight is 474 g/mol. The SMILES string of the molecule is CSNCc1cccc(C(C)C(=O)NCc2ccc(C(F)(F)F)nc2-c2cccc(C)c2)c1. The molecule has 1 amide bonds. The Morgan fingerprint density at radius 2 is 1.82 bits per heavy atom. The van der Waals surface area contributed by atoms with Crippen molar-refractivity contribution < 1.29 is 18.0 Å². The number of nitrogens with one attached hydrogen (secondary N) is 2. The van der Waals surface area contributed by atoms with Crippen molar-refractivity contribution in [3.8, 4) is 11.3 Å². The molecule has 3 rings (SSSR count). The Balaban J connectivity index is 1.81. The second kappa shape index (κ2) is 10.9. The minimum Gasteiger partial charge on any atom is -0.351 e. The highest BCUT2D eigenvalue weighted by atomic mass is 32.2. The summed E-state index contributed by atoms with van der Waals surface area (Å²) in [5.41, 5.74) is 3.20. The number of aromatic nitrogens is 1. The molecule has 0 radical (unpaired) electrons. The van der Waals surface area contributed by atoms with Crippen LogP contribution in [0.3, 0.4) is 0 Å². The van der Waals surface area contributed by atoms with Gasteiger partial charge in [0, 0.05) is 18.7 Å². The molecule has 0 saturated carbocycles. The number of carbonyl (C=O) groups is 1. The van der Waals surface area contributed by atoms with Crippen molar-refractivity contribution in [3.05, 3.63) is 88.6 Å². The van der Waals surface area contributed by atoms with Crippen molar-refractivity contribution >= 4 is 17.9 Å². The number of nitrogens with zero attached hydrogens (tertiary/aromatic N) is 1. The maximum absolute atomic E-state index is 13.3. The highest BCUT2D eigenvalue weighted by molar-refractivity contribution is 7.96. The van der Waals surface area contributed by atoms with Crippen LogP contribution in [0.4, 0.5) is 13.2 Å². The van der Waals surface area contributed by atoms with Gasteiger partial charge in [-0.15, -0.1) is 0 Å². The summed E-state index contributed by atoms with van der Waals surface area (Å²) in [5.74, 6) is -0.621. The molecule has 0 aliphatic rings. The first kappa shape index (κ1) is 24.8. The highest BCUT2D eigenvalue weighted by Gasteiger charge is 2.33. The monoisotopic (exact) mass is 473 g/mol. The Morgan fingerprint density at radius 1 is 1.06 bits per heavy atom. The second-order valence-electron chi connectivity index (χ2n) is 7.78. The van der Waals surface area contributed by atoms with E-state index in [9.17, 15) is 18.0 Å². The predicted octanol–water partition coefficient (Wildman–Crippen LogP) is 5.86. The molecule has 0 aliphatic heterocycles. The zero-order valence-corrected chi connectivity index (χ0v) is 19.5. The molecule has 1 atom stereocenters. The van der Waals surface area contributed by atoms with E-state index in [0.29, 0.717) is 17.7 Å². The number of hydrogen-bond donors (Lipinski definition) is 2. The molecule has 3 aromatic rings. The number of benzene rings is 2. The molecule has 33 heavy (non-hydrogen) atoms. The fourth-order valence-corrected chi connectivity index (χ4v) is 3.76. The van der Waals surface area contributed by atoms with E-state index in [4.69, 9.17) is 0 Å². The van der Waals surface area contributed by atoms with E-state index < -0.39 is 17.8 Å². The first-order valence-corrected chi connectivity index (χ1v) is 11.7. The highest BCUT2D eigenvalue weighted by Crippen LogP contribution is 2.31. The molecule has 1 unspecified atom stereocenters. The number of aryl methyl sites for hydroxylation is 1. The molecule has 4 nitrogen and oxygen atoms in total. The van der Waals surface area contributed by atoms with Crippen molar-refractivity contribution in [2.75, 3.05) is 6.26 Å². The Morgan fingerprint density at radius 3 is 2.52 bits per heavy atom. The Bertz CT molecular complexity index is 1120.